The molecule has 0 unspecified atom stereocenters. The second kappa shape index (κ2) is 6.86. The lowest BCUT2D eigenvalue weighted by atomic mass is 10.1. The molecule has 0 radical (unpaired) electrons. The summed E-state index contributed by atoms with van der Waals surface area (Å²) in [7, 11) is 0. The molecular weight excluding hydrogens is 273 g/mol. The molecule has 0 aliphatic carbocycles. The highest BCUT2D eigenvalue weighted by Gasteiger charge is 1.98. The molecule has 0 aliphatic rings. The molecule has 0 amide bonds. The SMILES string of the molecule is CCc1ccc(NC(=S)NNc2ccc(F)cc2)cc1. The van der Waals surface area contributed by atoms with Crippen molar-refractivity contribution in [1.29, 1.82) is 0 Å². The van der Waals surface area contributed by atoms with Crippen molar-refractivity contribution in [3.8, 4) is 0 Å². The van der Waals surface area contributed by atoms with Gasteiger partial charge in [0.1, 0.15) is 5.82 Å². The fraction of sp³-hybridized carbons (Fsp3) is 0.133. The standard InChI is InChI=1S/C15H16FN3S/c1-2-11-3-7-13(8-4-11)17-15(20)19-18-14-9-5-12(16)6-10-14/h3-10,18H,2H2,1H3,(H2,17,19,20). The molecule has 5 heteroatoms. The van der Waals surface area contributed by atoms with E-state index in [4.69, 9.17) is 12.2 Å². The molecule has 2 rings (SSSR count). The molecule has 0 heterocycles. The Morgan fingerprint density at radius 2 is 1.60 bits per heavy atom. The number of benzene rings is 2. The highest BCUT2D eigenvalue weighted by Crippen LogP contribution is 2.10. The summed E-state index contributed by atoms with van der Waals surface area (Å²) in [5.41, 5.74) is 8.66. The molecule has 104 valence electrons. The number of anilines is 2. The van der Waals surface area contributed by atoms with Crippen LogP contribution < -0.4 is 16.2 Å². The van der Waals surface area contributed by atoms with Crippen molar-refractivity contribution < 1.29 is 4.39 Å². The minimum absolute atomic E-state index is 0.271. The Morgan fingerprint density at radius 3 is 2.20 bits per heavy atom. The van der Waals surface area contributed by atoms with E-state index in [0.717, 1.165) is 17.8 Å². The van der Waals surface area contributed by atoms with E-state index in [1.165, 1.54) is 17.7 Å². The second-order valence-corrected chi connectivity index (χ2v) is 4.67. The maximum absolute atomic E-state index is 12.7. The lowest BCUT2D eigenvalue weighted by Gasteiger charge is -2.12. The third kappa shape index (κ3) is 4.20. The molecule has 0 fully saturated rings. The van der Waals surface area contributed by atoms with E-state index >= 15 is 0 Å². The van der Waals surface area contributed by atoms with Crippen molar-refractivity contribution in [1.82, 2.24) is 5.43 Å². The van der Waals surface area contributed by atoms with Crippen molar-refractivity contribution in [2.45, 2.75) is 13.3 Å². The van der Waals surface area contributed by atoms with Crippen LogP contribution in [0.25, 0.3) is 0 Å². The van der Waals surface area contributed by atoms with E-state index in [1.807, 2.05) is 12.1 Å². The minimum Gasteiger partial charge on any atom is -0.331 e. The molecule has 0 atom stereocenters. The van der Waals surface area contributed by atoms with Crippen molar-refractivity contribution in [3.63, 3.8) is 0 Å². The third-order valence-corrected chi connectivity index (χ3v) is 2.99. The highest BCUT2D eigenvalue weighted by atomic mass is 32.1. The van der Waals surface area contributed by atoms with Crippen LogP contribution in [0.1, 0.15) is 12.5 Å². The molecule has 0 spiro atoms. The van der Waals surface area contributed by atoms with Crippen molar-refractivity contribution in [3.05, 3.63) is 59.9 Å². The number of nitrogens with one attached hydrogen (secondary N) is 3. The summed E-state index contributed by atoms with van der Waals surface area (Å²) >= 11 is 5.16. The van der Waals surface area contributed by atoms with Gasteiger partial charge in [0.15, 0.2) is 5.11 Å². The van der Waals surface area contributed by atoms with E-state index < -0.39 is 0 Å². The van der Waals surface area contributed by atoms with Gasteiger partial charge in [0.25, 0.3) is 0 Å². The van der Waals surface area contributed by atoms with Crippen LogP contribution in [0.5, 0.6) is 0 Å². The molecule has 2 aromatic rings. The zero-order valence-electron chi connectivity index (χ0n) is 11.1. The van der Waals surface area contributed by atoms with Crippen LogP contribution in [0, 0.1) is 5.82 Å². The van der Waals surface area contributed by atoms with Gasteiger partial charge >= 0.3 is 0 Å². The number of hydrogen-bond donors (Lipinski definition) is 3. The van der Waals surface area contributed by atoms with Gasteiger partial charge in [0.2, 0.25) is 0 Å². The Morgan fingerprint density at radius 1 is 1.00 bits per heavy atom. The molecule has 3 nitrogen and oxygen atoms in total. The smallest absolute Gasteiger partial charge is 0.189 e. The van der Waals surface area contributed by atoms with Crippen LogP contribution >= 0.6 is 12.2 Å². The summed E-state index contributed by atoms with van der Waals surface area (Å²) < 4.78 is 12.7. The maximum Gasteiger partial charge on any atom is 0.189 e. The van der Waals surface area contributed by atoms with Crippen molar-refractivity contribution >= 4 is 28.7 Å². The Labute approximate surface area is 123 Å². The Kier molecular flexibility index (Phi) is 4.90. The summed E-state index contributed by atoms with van der Waals surface area (Å²) in [6, 6.07) is 14.1. The van der Waals surface area contributed by atoms with E-state index in [2.05, 4.69) is 35.2 Å². The topological polar surface area (TPSA) is 36.1 Å². The van der Waals surface area contributed by atoms with E-state index in [0.29, 0.717) is 5.11 Å². The van der Waals surface area contributed by atoms with E-state index in [1.54, 1.807) is 12.1 Å². The highest BCUT2D eigenvalue weighted by molar-refractivity contribution is 7.80. The van der Waals surface area contributed by atoms with Crippen LogP contribution in [0.4, 0.5) is 15.8 Å². The molecule has 0 aromatic heterocycles. The Balaban J connectivity index is 1.84. The quantitative estimate of drug-likeness (QED) is 0.592. The van der Waals surface area contributed by atoms with Crippen LogP contribution in [0.2, 0.25) is 0 Å². The zero-order valence-corrected chi connectivity index (χ0v) is 11.9. The van der Waals surface area contributed by atoms with E-state index in [-0.39, 0.29) is 5.82 Å². The van der Waals surface area contributed by atoms with Crippen LogP contribution in [0.15, 0.2) is 48.5 Å². The van der Waals surface area contributed by atoms with Crippen LogP contribution in [-0.4, -0.2) is 5.11 Å². The number of halogens is 1. The van der Waals surface area contributed by atoms with Gasteiger partial charge in [0, 0.05) is 5.69 Å². The van der Waals surface area contributed by atoms with E-state index in [9.17, 15) is 4.39 Å². The van der Waals surface area contributed by atoms with Gasteiger partial charge in [-0.3, -0.25) is 10.9 Å². The van der Waals surface area contributed by atoms with Crippen LogP contribution in [0.3, 0.4) is 0 Å². The van der Waals surface area contributed by atoms with Gasteiger partial charge in [0.05, 0.1) is 5.69 Å². The van der Waals surface area contributed by atoms with Gasteiger partial charge < -0.3 is 5.32 Å². The lowest BCUT2D eigenvalue weighted by molar-refractivity contribution is 0.628. The van der Waals surface area contributed by atoms with Gasteiger partial charge in [-0.1, -0.05) is 19.1 Å². The van der Waals surface area contributed by atoms with Gasteiger partial charge in [-0.25, -0.2) is 4.39 Å². The summed E-state index contributed by atoms with van der Waals surface area (Å²) in [5.74, 6) is -0.271. The first-order chi connectivity index (χ1) is 9.67. The van der Waals surface area contributed by atoms with Crippen molar-refractivity contribution in [2.75, 3.05) is 10.7 Å². The van der Waals surface area contributed by atoms with Gasteiger partial charge in [-0.2, -0.15) is 0 Å². The molecule has 2 aromatic carbocycles. The van der Waals surface area contributed by atoms with Gasteiger partial charge in [-0.15, -0.1) is 0 Å². The summed E-state index contributed by atoms with van der Waals surface area (Å²) in [6.45, 7) is 2.11. The predicted molar refractivity (Wildman–Crippen MR) is 85.2 cm³/mol. The third-order valence-electron chi connectivity index (χ3n) is 2.78. The zero-order chi connectivity index (χ0) is 14.4. The Bertz CT molecular complexity index is 567. The molecule has 0 saturated heterocycles. The molecule has 0 bridgehead atoms. The largest absolute Gasteiger partial charge is 0.331 e. The molecule has 3 N–H and O–H groups in total. The number of aryl methyl sites for hydroxylation is 1. The number of hydrogen-bond acceptors (Lipinski definition) is 2. The second-order valence-electron chi connectivity index (χ2n) is 4.26. The summed E-state index contributed by atoms with van der Waals surface area (Å²) in [6.07, 6.45) is 1.01. The summed E-state index contributed by atoms with van der Waals surface area (Å²) in [5, 5.41) is 3.50. The first kappa shape index (κ1) is 14.3. The fourth-order valence-corrected chi connectivity index (χ4v) is 1.82. The first-order valence-electron chi connectivity index (χ1n) is 6.35. The van der Waals surface area contributed by atoms with Crippen LogP contribution in [-0.2, 0) is 6.42 Å². The molecule has 20 heavy (non-hydrogen) atoms. The predicted octanol–water partition coefficient (Wildman–Crippen LogP) is 3.70. The number of hydrazine groups is 1. The molecule has 0 aliphatic heterocycles. The Hall–Kier alpha value is -2.14. The fourth-order valence-electron chi connectivity index (χ4n) is 1.65. The number of thiocarbonyl (C=S) groups is 1. The average Bonchev–Trinajstić information content (AvgIpc) is 2.47. The average molecular weight is 289 g/mol. The minimum atomic E-state index is -0.271. The lowest BCUT2D eigenvalue weighted by Crippen LogP contribution is -2.33. The maximum atomic E-state index is 12.7. The normalized spacial score (nSPS) is 9.90. The summed E-state index contributed by atoms with van der Waals surface area (Å²) in [4.78, 5) is 0. The van der Waals surface area contributed by atoms with Gasteiger partial charge in [-0.05, 0) is 60.6 Å². The molecule has 0 saturated carbocycles. The number of rotatable bonds is 4. The first-order valence-corrected chi connectivity index (χ1v) is 6.75. The monoisotopic (exact) mass is 289 g/mol. The molecular formula is C15H16FN3S. The van der Waals surface area contributed by atoms with Crippen molar-refractivity contribution in [2.24, 2.45) is 0 Å².